The van der Waals surface area contributed by atoms with Crippen LogP contribution in [0.1, 0.15) is 23.2 Å². The molecule has 2 aromatic carbocycles. The van der Waals surface area contributed by atoms with Gasteiger partial charge in [0, 0.05) is 22.6 Å². The van der Waals surface area contributed by atoms with Gasteiger partial charge in [-0.1, -0.05) is 42.5 Å². The monoisotopic (exact) mass is 272 g/mol. The van der Waals surface area contributed by atoms with Crippen LogP contribution in [0.4, 0.5) is 0 Å². The van der Waals surface area contributed by atoms with Gasteiger partial charge in [-0.25, -0.2) is 0 Å². The number of aryl methyl sites for hydroxylation is 2. The molecule has 0 N–H and O–H groups in total. The Bertz CT molecular complexity index is 844. The largest absolute Gasteiger partial charge is 0.212 e. The molecule has 1 aliphatic carbocycles. The Morgan fingerprint density at radius 1 is 0.905 bits per heavy atom. The van der Waals surface area contributed by atoms with Gasteiger partial charge in [0.2, 0.25) is 11.2 Å². The number of nitrogens with zero attached hydrogens (tertiary/aromatic N) is 1. The molecule has 4 rings (SSSR count). The summed E-state index contributed by atoms with van der Waals surface area (Å²) < 4.78 is 2.35. The second-order valence-electron chi connectivity index (χ2n) is 5.72. The van der Waals surface area contributed by atoms with E-state index in [9.17, 15) is 0 Å². The highest BCUT2D eigenvalue weighted by Gasteiger charge is 2.27. The molecule has 1 heterocycles. The Morgan fingerprint density at radius 3 is 2.52 bits per heavy atom. The van der Waals surface area contributed by atoms with Gasteiger partial charge in [0.1, 0.15) is 7.05 Å². The van der Waals surface area contributed by atoms with Crippen LogP contribution in [-0.2, 0) is 13.5 Å². The van der Waals surface area contributed by atoms with Crippen molar-refractivity contribution in [3.63, 3.8) is 0 Å². The molecular formula is C20H18N+. The Labute approximate surface area is 125 Å². The third kappa shape index (κ3) is 2.06. The lowest BCUT2D eigenvalue weighted by atomic mass is 10.1. The summed E-state index contributed by atoms with van der Waals surface area (Å²) in [5.74, 6) is 0. The molecule has 0 saturated heterocycles. The van der Waals surface area contributed by atoms with Crippen molar-refractivity contribution in [3.8, 4) is 0 Å². The van der Waals surface area contributed by atoms with E-state index < -0.39 is 0 Å². The summed E-state index contributed by atoms with van der Waals surface area (Å²) in [7, 11) is 2.19. The molecule has 0 unspecified atom stereocenters. The van der Waals surface area contributed by atoms with Gasteiger partial charge >= 0.3 is 0 Å². The minimum atomic E-state index is 1.13. The molecule has 102 valence electrons. The number of fused-ring (bicyclic) bond motifs is 2. The summed E-state index contributed by atoms with van der Waals surface area (Å²) in [6.07, 6.45) is 4.61. The van der Waals surface area contributed by atoms with E-state index in [1.807, 2.05) is 0 Å². The summed E-state index contributed by atoms with van der Waals surface area (Å²) in [5, 5.41) is 1.33. The van der Waals surface area contributed by atoms with Crippen molar-refractivity contribution < 1.29 is 4.57 Å². The second-order valence-corrected chi connectivity index (χ2v) is 5.72. The maximum absolute atomic E-state index is 2.36. The summed E-state index contributed by atoms with van der Waals surface area (Å²) in [6, 6.07) is 21.6. The molecule has 21 heavy (non-hydrogen) atoms. The predicted molar refractivity (Wildman–Crippen MR) is 87.8 cm³/mol. The minimum Gasteiger partial charge on any atom is -0.194 e. The van der Waals surface area contributed by atoms with Crippen molar-refractivity contribution in [2.75, 3.05) is 0 Å². The van der Waals surface area contributed by atoms with Gasteiger partial charge in [0.15, 0.2) is 0 Å². The summed E-state index contributed by atoms with van der Waals surface area (Å²) in [4.78, 5) is 0. The van der Waals surface area contributed by atoms with Gasteiger partial charge in [-0.3, -0.25) is 0 Å². The molecule has 1 aliphatic rings. The van der Waals surface area contributed by atoms with E-state index >= 15 is 0 Å². The summed E-state index contributed by atoms with van der Waals surface area (Å²) in [5.41, 5.74) is 6.91. The molecule has 0 fully saturated rings. The zero-order valence-electron chi connectivity index (χ0n) is 12.2. The van der Waals surface area contributed by atoms with Crippen LogP contribution < -0.4 is 4.57 Å². The number of benzene rings is 2. The minimum absolute atomic E-state index is 1.13. The van der Waals surface area contributed by atoms with Gasteiger partial charge in [0.05, 0.1) is 0 Å². The summed E-state index contributed by atoms with van der Waals surface area (Å²) >= 11 is 0. The SMILES string of the molecule is C[n+]1c2c(cc3ccccc31)CCC2=Cc1ccccc1. The van der Waals surface area contributed by atoms with Gasteiger partial charge in [0.25, 0.3) is 0 Å². The second kappa shape index (κ2) is 4.85. The van der Waals surface area contributed by atoms with E-state index in [0.717, 1.165) is 12.8 Å². The molecule has 0 saturated carbocycles. The van der Waals surface area contributed by atoms with E-state index in [0.29, 0.717) is 0 Å². The highest BCUT2D eigenvalue weighted by atomic mass is 14.9. The molecule has 1 nitrogen and oxygen atoms in total. The highest BCUT2D eigenvalue weighted by Crippen LogP contribution is 2.32. The lowest BCUT2D eigenvalue weighted by Gasteiger charge is -2.04. The normalized spacial score (nSPS) is 15.6. The third-order valence-electron chi connectivity index (χ3n) is 4.38. The fourth-order valence-corrected chi connectivity index (χ4v) is 3.40. The van der Waals surface area contributed by atoms with Crippen LogP contribution in [0.3, 0.4) is 0 Å². The number of para-hydroxylation sites is 1. The Morgan fingerprint density at radius 2 is 1.67 bits per heavy atom. The van der Waals surface area contributed by atoms with Gasteiger partial charge in [-0.15, -0.1) is 0 Å². The van der Waals surface area contributed by atoms with E-state index in [-0.39, 0.29) is 0 Å². The number of rotatable bonds is 1. The van der Waals surface area contributed by atoms with Crippen molar-refractivity contribution >= 4 is 22.6 Å². The first-order valence-electron chi connectivity index (χ1n) is 7.49. The Hall–Kier alpha value is -2.41. The Balaban J connectivity index is 1.92. The molecule has 3 aromatic rings. The molecule has 0 spiro atoms. The average Bonchev–Trinajstić information content (AvgIpc) is 2.92. The molecule has 0 atom stereocenters. The molecule has 0 aliphatic heterocycles. The van der Waals surface area contributed by atoms with Crippen molar-refractivity contribution in [1.29, 1.82) is 0 Å². The fourth-order valence-electron chi connectivity index (χ4n) is 3.40. The molecule has 0 bridgehead atoms. The van der Waals surface area contributed by atoms with Crippen LogP contribution >= 0.6 is 0 Å². The summed E-state index contributed by atoms with van der Waals surface area (Å²) in [6.45, 7) is 0. The van der Waals surface area contributed by atoms with Crippen LogP contribution in [0.25, 0.3) is 22.6 Å². The molecular weight excluding hydrogens is 254 g/mol. The van der Waals surface area contributed by atoms with Crippen LogP contribution in [0.5, 0.6) is 0 Å². The van der Waals surface area contributed by atoms with Crippen molar-refractivity contribution in [2.45, 2.75) is 12.8 Å². The molecule has 1 aromatic heterocycles. The maximum Gasteiger partial charge on any atom is 0.212 e. The molecule has 0 radical (unpaired) electrons. The Kier molecular flexibility index (Phi) is 2.85. The van der Waals surface area contributed by atoms with E-state index in [4.69, 9.17) is 0 Å². The van der Waals surface area contributed by atoms with Crippen LogP contribution in [-0.4, -0.2) is 0 Å². The van der Waals surface area contributed by atoms with Crippen LogP contribution in [0, 0.1) is 0 Å². The topological polar surface area (TPSA) is 3.88 Å². The zero-order valence-corrected chi connectivity index (χ0v) is 12.2. The van der Waals surface area contributed by atoms with E-state index in [1.165, 1.54) is 33.3 Å². The lowest BCUT2D eigenvalue weighted by Crippen LogP contribution is -2.34. The van der Waals surface area contributed by atoms with Crippen molar-refractivity contribution in [2.24, 2.45) is 7.05 Å². The van der Waals surface area contributed by atoms with Gasteiger partial charge < -0.3 is 0 Å². The predicted octanol–water partition coefficient (Wildman–Crippen LogP) is 4.15. The van der Waals surface area contributed by atoms with Crippen molar-refractivity contribution in [3.05, 3.63) is 77.5 Å². The first-order chi connectivity index (χ1) is 10.3. The average molecular weight is 272 g/mol. The third-order valence-corrected chi connectivity index (χ3v) is 4.38. The number of aromatic nitrogens is 1. The van der Waals surface area contributed by atoms with Crippen molar-refractivity contribution in [1.82, 2.24) is 0 Å². The van der Waals surface area contributed by atoms with Crippen LogP contribution in [0.2, 0.25) is 0 Å². The lowest BCUT2D eigenvalue weighted by molar-refractivity contribution is -0.647. The van der Waals surface area contributed by atoms with Crippen LogP contribution in [0.15, 0.2) is 60.7 Å². The van der Waals surface area contributed by atoms with E-state index in [1.54, 1.807) is 0 Å². The first kappa shape index (κ1) is 12.3. The number of hydrogen-bond acceptors (Lipinski definition) is 0. The standard InChI is InChI=1S/C20H18N/c1-21-19-10-6-5-9-16(19)14-18-12-11-17(20(18)21)13-15-7-3-2-4-8-15/h2-10,13-14H,11-12H2,1H3/q+1. The van der Waals surface area contributed by atoms with Gasteiger partial charge in [-0.05, 0) is 36.6 Å². The highest BCUT2D eigenvalue weighted by molar-refractivity contribution is 5.86. The molecule has 1 heteroatoms. The first-order valence-corrected chi connectivity index (χ1v) is 7.49. The number of pyridine rings is 1. The quantitative estimate of drug-likeness (QED) is 0.586. The molecule has 0 amide bonds. The maximum atomic E-state index is 2.36. The smallest absolute Gasteiger partial charge is 0.194 e. The van der Waals surface area contributed by atoms with E-state index in [2.05, 4.69) is 78.4 Å². The fraction of sp³-hybridized carbons (Fsp3) is 0.150. The number of allylic oxidation sites excluding steroid dienone is 1. The van der Waals surface area contributed by atoms with Gasteiger partial charge in [-0.2, -0.15) is 4.57 Å². The zero-order chi connectivity index (χ0) is 14.2. The number of hydrogen-bond donors (Lipinski definition) is 0.